The van der Waals surface area contributed by atoms with Crippen LogP contribution in [0.4, 0.5) is 0 Å². The van der Waals surface area contributed by atoms with Gasteiger partial charge in [0.1, 0.15) is 6.04 Å². The number of ether oxygens (including phenoxy) is 1. The lowest BCUT2D eigenvalue weighted by Crippen LogP contribution is -2.51. The third kappa shape index (κ3) is 4.67. The minimum Gasteiger partial charge on any atom is -0.466 e. The Labute approximate surface area is 160 Å². The van der Waals surface area contributed by atoms with E-state index in [1.54, 1.807) is 16.7 Å². The SMILES string of the molecule is CCOC(=O)C1CCCN(C(=O)C2CCCN2C(=O)Cc2ccccc2)C1. The zero-order valence-corrected chi connectivity index (χ0v) is 15.9. The van der Waals surface area contributed by atoms with Gasteiger partial charge < -0.3 is 14.5 Å². The van der Waals surface area contributed by atoms with E-state index in [1.165, 1.54) is 0 Å². The first-order valence-electron chi connectivity index (χ1n) is 9.89. The van der Waals surface area contributed by atoms with E-state index < -0.39 is 6.04 Å². The molecule has 1 aromatic rings. The molecule has 2 amide bonds. The standard InChI is InChI=1S/C21H28N2O4/c1-2-27-21(26)17-10-6-12-22(15-17)20(25)18-11-7-13-23(18)19(24)14-16-8-4-3-5-9-16/h3-5,8-9,17-18H,2,6-7,10-15H2,1H3. The van der Waals surface area contributed by atoms with Crippen molar-refractivity contribution >= 4 is 17.8 Å². The fraction of sp³-hybridized carbons (Fsp3) is 0.571. The van der Waals surface area contributed by atoms with E-state index in [4.69, 9.17) is 4.74 Å². The zero-order valence-electron chi connectivity index (χ0n) is 15.9. The summed E-state index contributed by atoms with van der Waals surface area (Å²) in [4.78, 5) is 41.3. The number of hydrogen-bond acceptors (Lipinski definition) is 4. The van der Waals surface area contributed by atoms with Gasteiger partial charge in [0.2, 0.25) is 11.8 Å². The predicted molar refractivity (Wildman–Crippen MR) is 101 cm³/mol. The van der Waals surface area contributed by atoms with Crippen molar-refractivity contribution in [2.45, 2.75) is 45.1 Å². The average molecular weight is 372 g/mol. The highest BCUT2D eigenvalue weighted by molar-refractivity contribution is 5.89. The summed E-state index contributed by atoms with van der Waals surface area (Å²) in [6.07, 6.45) is 3.39. The summed E-state index contributed by atoms with van der Waals surface area (Å²) in [5.74, 6) is -0.505. The molecule has 2 aliphatic rings. The molecule has 0 saturated carbocycles. The summed E-state index contributed by atoms with van der Waals surface area (Å²) in [6.45, 7) is 3.81. The van der Waals surface area contributed by atoms with Crippen molar-refractivity contribution in [2.75, 3.05) is 26.2 Å². The van der Waals surface area contributed by atoms with Crippen molar-refractivity contribution < 1.29 is 19.1 Å². The van der Waals surface area contributed by atoms with Crippen LogP contribution in [0.2, 0.25) is 0 Å². The van der Waals surface area contributed by atoms with Gasteiger partial charge in [-0.15, -0.1) is 0 Å². The number of rotatable bonds is 5. The maximum Gasteiger partial charge on any atom is 0.310 e. The molecule has 0 spiro atoms. The van der Waals surface area contributed by atoms with Crippen molar-refractivity contribution in [1.82, 2.24) is 9.80 Å². The molecule has 27 heavy (non-hydrogen) atoms. The Morgan fingerprint density at radius 1 is 1.07 bits per heavy atom. The fourth-order valence-corrected chi connectivity index (χ4v) is 4.03. The number of likely N-dealkylation sites (tertiary alicyclic amines) is 2. The molecule has 2 atom stereocenters. The largest absolute Gasteiger partial charge is 0.466 e. The lowest BCUT2D eigenvalue weighted by molar-refractivity contribution is -0.153. The summed E-state index contributed by atoms with van der Waals surface area (Å²) in [5.41, 5.74) is 0.959. The van der Waals surface area contributed by atoms with Crippen LogP contribution in [0.15, 0.2) is 30.3 Å². The van der Waals surface area contributed by atoms with E-state index in [0.717, 1.165) is 24.8 Å². The van der Waals surface area contributed by atoms with Crippen LogP contribution in [-0.2, 0) is 25.5 Å². The van der Waals surface area contributed by atoms with E-state index in [1.807, 2.05) is 30.3 Å². The molecule has 2 unspecified atom stereocenters. The van der Waals surface area contributed by atoms with Crippen LogP contribution in [0.25, 0.3) is 0 Å². The molecule has 0 bridgehead atoms. The number of piperidine rings is 1. The maximum absolute atomic E-state index is 13.1. The first kappa shape index (κ1) is 19.4. The van der Waals surface area contributed by atoms with Crippen LogP contribution in [0.3, 0.4) is 0 Å². The Kier molecular flexibility index (Phi) is 6.48. The van der Waals surface area contributed by atoms with E-state index in [-0.39, 0.29) is 23.7 Å². The second kappa shape index (κ2) is 9.02. The highest BCUT2D eigenvalue weighted by Crippen LogP contribution is 2.24. The molecule has 0 aromatic heterocycles. The Hall–Kier alpha value is -2.37. The van der Waals surface area contributed by atoms with E-state index >= 15 is 0 Å². The molecular formula is C21H28N2O4. The van der Waals surface area contributed by atoms with E-state index in [0.29, 0.717) is 39.1 Å². The summed E-state index contributed by atoms with van der Waals surface area (Å²) < 4.78 is 5.12. The summed E-state index contributed by atoms with van der Waals surface area (Å²) in [5, 5.41) is 0. The van der Waals surface area contributed by atoms with Crippen molar-refractivity contribution in [2.24, 2.45) is 5.92 Å². The lowest BCUT2D eigenvalue weighted by Gasteiger charge is -2.35. The van der Waals surface area contributed by atoms with Crippen molar-refractivity contribution in [3.63, 3.8) is 0 Å². The summed E-state index contributed by atoms with van der Waals surface area (Å²) in [6, 6.07) is 9.21. The van der Waals surface area contributed by atoms with E-state index in [2.05, 4.69) is 0 Å². The Morgan fingerprint density at radius 2 is 1.81 bits per heavy atom. The average Bonchev–Trinajstić information content (AvgIpc) is 3.18. The summed E-state index contributed by atoms with van der Waals surface area (Å²) >= 11 is 0. The third-order valence-corrected chi connectivity index (χ3v) is 5.41. The third-order valence-electron chi connectivity index (χ3n) is 5.41. The van der Waals surface area contributed by atoms with Gasteiger partial charge >= 0.3 is 5.97 Å². The van der Waals surface area contributed by atoms with Crippen molar-refractivity contribution in [1.29, 1.82) is 0 Å². The molecule has 3 rings (SSSR count). The smallest absolute Gasteiger partial charge is 0.310 e. The Bertz CT molecular complexity index is 676. The van der Waals surface area contributed by atoms with Gasteiger partial charge in [-0.05, 0) is 38.2 Å². The molecule has 2 saturated heterocycles. The normalized spacial score (nSPS) is 22.6. The van der Waals surface area contributed by atoms with Crippen LogP contribution < -0.4 is 0 Å². The van der Waals surface area contributed by atoms with Gasteiger partial charge in [-0.3, -0.25) is 14.4 Å². The predicted octanol–water partition coefficient (Wildman–Crippen LogP) is 2.02. The van der Waals surface area contributed by atoms with Gasteiger partial charge in [-0.25, -0.2) is 0 Å². The van der Waals surface area contributed by atoms with Gasteiger partial charge in [0.25, 0.3) is 0 Å². The van der Waals surface area contributed by atoms with Gasteiger partial charge in [0.15, 0.2) is 0 Å². The Morgan fingerprint density at radius 3 is 2.56 bits per heavy atom. The molecule has 6 nitrogen and oxygen atoms in total. The minimum absolute atomic E-state index is 0.00370. The van der Waals surface area contributed by atoms with Crippen molar-refractivity contribution in [3.8, 4) is 0 Å². The first-order valence-corrected chi connectivity index (χ1v) is 9.89. The maximum atomic E-state index is 13.1. The molecule has 2 fully saturated rings. The van der Waals surface area contributed by atoms with Crippen LogP contribution in [-0.4, -0.2) is 59.9 Å². The number of amides is 2. The molecule has 0 aliphatic carbocycles. The number of carbonyl (C=O) groups excluding carboxylic acids is 3. The van der Waals surface area contributed by atoms with Crippen LogP contribution in [0.1, 0.15) is 38.2 Å². The van der Waals surface area contributed by atoms with Gasteiger partial charge in [0.05, 0.1) is 18.9 Å². The van der Waals surface area contributed by atoms with E-state index in [9.17, 15) is 14.4 Å². The Balaban J connectivity index is 1.62. The second-order valence-electron chi connectivity index (χ2n) is 7.28. The molecule has 2 aliphatic heterocycles. The van der Waals surface area contributed by atoms with Gasteiger partial charge in [-0.2, -0.15) is 0 Å². The summed E-state index contributed by atoms with van der Waals surface area (Å²) in [7, 11) is 0. The zero-order chi connectivity index (χ0) is 19.2. The quantitative estimate of drug-likeness (QED) is 0.742. The van der Waals surface area contributed by atoms with Gasteiger partial charge in [0, 0.05) is 19.6 Å². The number of benzene rings is 1. The van der Waals surface area contributed by atoms with Crippen LogP contribution in [0.5, 0.6) is 0 Å². The van der Waals surface area contributed by atoms with Crippen molar-refractivity contribution in [3.05, 3.63) is 35.9 Å². The first-order chi connectivity index (χ1) is 13.1. The number of esters is 1. The van der Waals surface area contributed by atoms with Crippen LogP contribution >= 0.6 is 0 Å². The highest BCUT2D eigenvalue weighted by atomic mass is 16.5. The van der Waals surface area contributed by atoms with Crippen LogP contribution in [0, 0.1) is 5.92 Å². The number of nitrogens with zero attached hydrogens (tertiary/aromatic N) is 2. The topological polar surface area (TPSA) is 66.9 Å². The number of hydrogen-bond donors (Lipinski definition) is 0. The number of carbonyl (C=O) groups is 3. The molecule has 146 valence electrons. The molecule has 2 heterocycles. The fourth-order valence-electron chi connectivity index (χ4n) is 4.03. The molecule has 0 N–H and O–H groups in total. The molecule has 0 radical (unpaired) electrons. The molecular weight excluding hydrogens is 344 g/mol. The molecule has 6 heteroatoms. The van der Waals surface area contributed by atoms with Gasteiger partial charge in [-0.1, -0.05) is 30.3 Å². The second-order valence-corrected chi connectivity index (χ2v) is 7.28. The lowest BCUT2D eigenvalue weighted by atomic mass is 9.97. The monoisotopic (exact) mass is 372 g/mol. The highest BCUT2D eigenvalue weighted by Gasteiger charge is 2.38. The molecule has 1 aromatic carbocycles. The minimum atomic E-state index is -0.401.